The molecular weight excluding hydrogens is 332 g/mol. The Hall–Kier alpha value is -2.34. The topological polar surface area (TPSA) is 78.9 Å². The Morgan fingerprint density at radius 3 is 2.73 bits per heavy atom. The standard InChI is InChI=1S/C20H24N2O4/c1-19(2,3)26-18(25)22-10-11-9-20(11)13-7-5-6-12(17(24)21-4)16(13)14(23)8-15(20)22/h5-8,11,14,23H,9-10H2,1-4H3,(H,21,24). The van der Waals surface area contributed by atoms with Gasteiger partial charge in [0.1, 0.15) is 11.7 Å². The fourth-order valence-electron chi connectivity index (χ4n) is 4.46. The Labute approximate surface area is 152 Å². The van der Waals surface area contributed by atoms with Gasteiger partial charge in [0.15, 0.2) is 0 Å². The van der Waals surface area contributed by atoms with Crippen LogP contribution in [-0.2, 0) is 10.2 Å². The zero-order valence-corrected chi connectivity index (χ0v) is 15.5. The molecule has 0 aromatic heterocycles. The van der Waals surface area contributed by atoms with Crippen LogP contribution in [-0.4, -0.2) is 41.2 Å². The number of aliphatic hydroxyl groups excluding tert-OH is 1. The van der Waals surface area contributed by atoms with Crippen molar-refractivity contribution in [2.45, 2.75) is 44.3 Å². The molecule has 1 aromatic carbocycles. The van der Waals surface area contributed by atoms with Crippen LogP contribution in [0.25, 0.3) is 0 Å². The summed E-state index contributed by atoms with van der Waals surface area (Å²) >= 11 is 0. The molecule has 1 spiro atoms. The first-order chi connectivity index (χ1) is 12.2. The second-order valence-electron chi connectivity index (χ2n) is 8.31. The number of carbonyl (C=O) groups excluding carboxylic acids is 2. The fraction of sp³-hybridized carbons (Fsp3) is 0.500. The average molecular weight is 356 g/mol. The second kappa shape index (κ2) is 5.33. The predicted molar refractivity (Wildman–Crippen MR) is 95.6 cm³/mol. The highest BCUT2D eigenvalue weighted by atomic mass is 16.6. The van der Waals surface area contributed by atoms with E-state index in [0.29, 0.717) is 23.6 Å². The van der Waals surface area contributed by atoms with E-state index in [1.54, 1.807) is 24.1 Å². The molecule has 0 radical (unpaired) electrons. The van der Waals surface area contributed by atoms with Crippen molar-refractivity contribution in [2.75, 3.05) is 13.6 Å². The number of piperidine rings is 1. The quantitative estimate of drug-likeness (QED) is 0.810. The Morgan fingerprint density at radius 2 is 2.08 bits per heavy atom. The molecule has 1 saturated heterocycles. The highest BCUT2D eigenvalue weighted by molar-refractivity contribution is 5.96. The summed E-state index contributed by atoms with van der Waals surface area (Å²) < 4.78 is 5.54. The van der Waals surface area contributed by atoms with Crippen molar-refractivity contribution in [2.24, 2.45) is 5.92 Å². The maximum absolute atomic E-state index is 12.6. The molecule has 138 valence electrons. The normalized spacial score (nSPS) is 28.5. The monoisotopic (exact) mass is 356 g/mol. The van der Waals surface area contributed by atoms with Crippen LogP contribution in [0, 0.1) is 5.92 Å². The van der Waals surface area contributed by atoms with Crippen LogP contribution in [0.5, 0.6) is 0 Å². The Kier molecular flexibility index (Phi) is 3.50. The second-order valence-corrected chi connectivity index (χ2v) is 8.31. The van der Waals surface area contributed by atoms with Crippen LogP contribution < -0.4 is 5.32 Å². The molecule has 1 heterocycles. The number of carbonyl (C=O) groups is 2. The van der Waals surface area contributed by atoms with Gasteiger partial charge in [-0.15, -0.1) is 0 Å². The van der Waals surface area contributed by atoms with Crippen LogP contribution in [0.4, 0.5) is 4.79 Å². The van der Waals surface area contributed by atoms with E-state index in [4.69, 9.17) is 4.74 Å². The van der Waals surface area contributed by atoms with Crippen LogP contribution in [0.15, 0.2) is 30.0 Å². The SMILES string of the molecule is CNC(=O)c1cccc2c1C(O)C=C1N(C(=O)OC(C)(C)C)CC3CC123. The van der Waals surface area contributed by atoms with Gasteiger partial charge in [-0.3, -0.25) is 9.69 Å². The van der Waals surface area contributed by atoms with Crippen LogP contribution in [0.2, 0.25) is 0 Å². The van der Waals surface area contributed by atoms with Gasteiger partial charge in [0.05, 0.1) is 0 Å². The molecule has 1 aliphatic heterocycles. The van der Waals surface area contributed by atoms with Gasteiger partial charge in [-0.2, -0.15) is 0 Å². The summed E-state index contributed by atoms with van der Waals surface area (Å²) in [6.07, 6.45) is 1.33. The maximum Gasteiger partial charge on any atom is 0.414 e. The van der Waals surface area contributed by atoms with Crippen molar-refractivity contribution < 1.29 is 19.4 Å². The van der Waals surface area contributed by atoms with Crippen LogP contribution >= 0.6 is 0 Å². The summed E-state index contributed by atoms with van der Waals surface area (Å²) in [6, 6.07) is 5.55. The molecule has 1 saturated carbocycles. The number of benzene rings is 1. The number of rotatable bonds is 1. The smallest absolute Gasteiger partial charge is 0.414 e. The van der Waals surface area contributed by atoms with Gasteiger partial charge in [-0.05, 0) is 50.8 Å². The Balaban J connectivity index is 1.76. The molecule has 1 aromatic rings. The van der Waals surface area contributed by atoms with Crippen molar-refractivity contribution >= 4 is 12.0 Å². The number of fused-ring (bicyclic) bond motifs is 1. The minimum Gasteiger partial charge on any atom is -0.443 e. The van der Waals surface area contributed by atoms with Gasteiger partial charge in [0.2, 0.25) is 0 Å². The summed E-state index contributed by atoms with van der Waals surface area (Å²) in [7, 11) is 1.58. The lowest BCUT2D eigenvalue weighted by Gasteiger charge is -2.33. The van der Waals surface area contributed by atoms with Gasteiger partial charge in [0.25, 0.3) is 5.91 Å². The predicted octanol–water partition coefficient (Wildman–Crippen LogP) is 2.49. The molecule has 3 unspecified atom stereocenters. The van der Waals surface area contributed by atoms with Crippen molar-refractivity contribution in [3.63, 3.8) is 0 Å². The molecule has 6 heteroatoms. The largest absolute Gasteiger partial charge is 0.443 e. The summed E-state index contributed by atoms with van der Waals surface area (Å²) in [5.74, 6) is 0.0841. The van der Waals surface area contributed by atoms with E-state index in [1.165, 1.54) is 0 Å². The number of aliphatic hydroxyl groups is 1. The first-order valence-corrected chi connectivity index (χ1v) is 8.95. The van der Waals surface area contributed by atoms with E-state index in [1.807, 2.05) is 32.9 Å². The zero-order valence-electron chi connectivity index (χ0n) is 15.5. The summed E-state index contributed by atoms with van der Waals surface area (Å²) in [5, 5.41) is 13.4. The van der Waals surface area contributed by atoms with Gasteiger partial charge in [-0.25, -0.2) is 4.79 Å². The van der Waals surface area contributed by atoms with E-state index >= 15 is 0 Å². The van der Waals surface area contributed by atoms with Crippen molar-refractivity contribution in [3.8, 4) is 0 Å². The molecular formula is C20H24N2O4. The van der Waals surface area contributed by atoms with Crippen molar-refractivity contribution in [1.82, 2.24) is 10.2 Å². The minimum absolute atomic E-state index is 0.214. The molecule has 6 nitrogen and oxygen atoms in total. The Morgan fingerprint density at radius 1 is 1.35 bits per heavy atom. The number of amides is 2. The molecule has 4 rings (SSSR count). The first kappa shape index (κ1) is 17.1. The highest BCUT2D eigenvalue weighted by Crippen LogP contribution is 2.67. The van der Waals surface area contributed by atoms with E-state index in [-0.39, 0.29) is 17.4 Å². The van der Waals surface area contributed by atoms with Gasteiger partial charge < -0.3 is 15.2 Å². The van der Waals surface area contributed by atoms with Crippen molar-refractivity contribution in [3.05, 3.63) is 46.7 Å². The first-order valence-electron chi connectivity index (χ1n) is 8.95. The number of hydrogen-bond donors (Lipinski definition) is 2. The van der Waals surface area contributed by atoms with E-state index in [9.17, 15) is 14.7 Å². The zero-order chi connectivity index (χ0) is 18.9. The third-order valence-electron chi connectivity index (χ3n) is 5.54. The van der Waals surface area contributed by atoms with Crippen LogP contribution in [0.3, 0.4) is 0 Å². The number of likely N-dealkylation sites (tertiary alicyclic amines) is 1. The highest BCUT2D eigenvalue weighted by Gasteiger charge is 2.67. The van der Waals surface area contributed by atoms with E-state index in [0.717, 1.165) is 17.7 Å². The molecule has 2 aliphatic carbocycles. The molecule has 2 N–H and O–H groups in total. The van der Waals surface area contributed by atoms with Gasteiger partial charge in [-0.1, -0.05) is 12.1 Å². The number of hydrogen-bond acceptors (Lipinski definition) is 4. The maximum atomic E-state index is 12.6. The number of nitrogens with one attached hydrogen (secondary N) is 1. The lowest BCUT2D eigenvalue weighted by Crippen LogP contribution is -2.38. The Bertz CT molecular complexity index is 839. The molecule has 2 fully saturated rings. The minimum atomic E-state index is -0.927. The summed E-state index contributed by atoms with van der Waals surface area (Å²) in [4.78, 5) is 26.5. The average Bonchev–Trinajstić information content (AvgIpc) is 3.20. The summed E-state index contributed by atoms with van der Waals surface area (Å²) in [6.45, 7) is 6.10. The molecule has 2 amide bonds. The third-order valence-corrected chi connectivity index (χ3v) is 5.54. The third kappa shape index (κ3) is 2.28. The number of nitrogens with zero attached hydrogens (tertiary/aromatic N) is 1. The van der Waals surface area contributed by atoms with E-state index in [2.05, 4.69) is 5.32 Å². The van der Waals surface area contributed by atoms with Gasteiger partial charge in [0, 0.05) is 35.8 Å². The van der Waals surface area contributed by atoms with Gasteiger partial charge >= 0.3 is 6.09 Å². The lowest BCUT2D eigenvalue weighted by molar-refractivity contribution is 0.0318. The molecule has 3 aliphatic rings. The molecule has 0 bridgehead atoms. The fourth-order valence-corrected chi connectivity index (χ4v) is 4.46. The van der Waals surface area contributed by atoms with Crippen LogP contribution in [0.1, 0.15) is 54.8 Å². The molecule has 26 heavy (non-hydrogen) atoms. The number of ether oxygens (including phenoxy) is 1. The lowest BCUT2D eigenvalue weighted by atomic mass is 9.78. The number of allylic oxidation sites excluding steroid dienone is 1. The van der Waals surface area contributed by atoms with Crippen molar-refractivity contribution in [1.29, 1.82) is 0 Å². The molecule has 3 atom stereocenters. The summed E-state index contributed by atoms with van der Waals surface area (Å²) in [5.41, 5.74) is 2.06. The van der Waals surface area contributed by atoms with E-state index < -0.39 is 11.7 Å².